The van der Waals surface area contributed by atoms with Gasteiger partial charge in [0.15, 0.2) is 5.78 Å². The fourth-order valence-electron chi connectivity index (χ4n) is 2.67. The van der Waals surface area contributed by atoms with Crippen molar-refractivity contribution in [2.45, 2.75) is 38.8 Å². The van der Waals surface area contributed by atoms with Crippen LogP contribution in [0.3, 0.4) is 0 Å². The number of rotatable bonds is 6. The summed E-state index contributed by atoms with van der Waals surface area (Å²) in [5.74, 6) is -3.74. The average Bonchev–Trinajstić information content (AvgIpc) is 2.41. The highest BCUT2D eigenvalue weighted by molar-refractivity contribution is 6.00. The molecule has 1 fully saturated rings. The predicted molar refractivity (Wildman–Crippen MR) is 77.6 cm³/mol. The molecule has 1 atom stereocenters. The van der Waals surface area contributed by atoms with E-state index in [9.17, 15) is 27.2 Å². The van der Waals surface area contributed by atoms with Crippen LogP contribution in [0.4, 0.5) is 17.6 Å². The summed E-state index contributed by atoms with van der Waals surface area (Å²) in [4.78, 5) is 24.4. The van der Waals surface area contributed by atoms with Gasteiger partial charge in [0.25, 0.3) is 0 Å². The van der Waals surface area contributed by atoms with Crippen molar-refractivity contribution in [1.29, 1.82) is 0 Å². The lowest BCUT2D eigenvalue weighted by Crippen LogP contribution is -2.35. The van der Waals surface area contributed by atoms with Crippen LogP contribution >= 0.6 is 0 Å². The summed E-state index contributed by atoms with van der Waals surface area (Å²) in [6.07, 6.45) is -2.67. The van der Waals surface area contributed by atoms with Crippen molar-refractivity contribution in [2.24, 2.45) is 11.8 Å². The van der Waals surface area contributed by atoms with Crippen molar-refractivity contribution in [2.75, 3.05) is 6.61 Å². The van der Waals surface area contributed by atoms with Crippen LogP contribution in [0.2, 0.25) is 0 Å². The molecule has 0 heterocycles. The summed E-state index contributed by atoms with van der Waals surface area (Å²) in [6.45, 7) is 1.69. The maximum atomic E-state index is 13.7. The van der Waals surface area contributed by atoms with E-state index in [1.54, 1.807) is 6.92 Å². The fourth-order valence-corrected chi connectivity index (χ4v) is 2.67. The number of Topliss-reactive ketones (excluding diaryl/α,β-unsaturated/α-hetero) is 1. The zero-order valence-electron chi connectivity index (χ0n) is 13.2. The van der Waals surface area contributed by atoms with Gasteiger partial charge in [-0.2, -0.15) is 13.2 Å². The number of carbonyl (C=O) groups excluding carboxylic acids is 2. The Morgan fingerprint density at radius 3 is 2.42 bits per heavy atom. The molecule has 0 saturated heterocycles. The highest BCUT2D eigenvalue weighted by Crippen LogP contribution is 2.33. The van der Waals surface area contributed by atoms with Crippen LogP contribution in [-0.4, -0.2) is 18.4 Å². The van der Waals surface area contributed by atoms with E-state index >= 15 is 0 Å². The third kappa shape index (κ3) is 4.13. The van der Waals surface area contributed by atoms with Crippen molar-refractivity contribution in [3.8, 4) is 0 Å². The molecule has 1 aliphatic carbocycles. The lowest BCUT2D eigenvalue weighted by Gasteiger charge is -2.27. The summed E-state index contributed by atoms with van der Waals surface area (Å²) in [7, 11) is 0. The van der Waals surface area contributed by atoms with E-state index in [1.165, 1.54) is 0 Å². The smallest absolute Gasteiger partial charge is 0.419 e. The second kappa shape index (κ2) is 7.32. The summed E-state index contributed by atoms with van der Waals surface area (Å²) in [5.41, 5.74) is -1.21. The quantitative estimate of drug-likeness (QED) is 0.445. The van der Waals surface area contributed by atoms with Crippen LogP contribution in [0.1, 0.15) is 37.3 Å². The number of halogens is 4. The first-order valence-electron chi connectivity index (χ1n) is 7.80. The number of benzene rings is 1. The number of carbonyl (C=O) groups is 2. The summed E-state index contributed by atoms with van der Waals surface area (Å²) < 4.78 is 56.3. The molecule has 0 spiro atoms. The standard InChI is InChI=1S/C17H18F4O3/c1-2-24-16(23)12(15(22)11-4-3-5-11)8-10-6-7-13(14(18)9-10)17(19,20)21/h6-7,9,11-12H,2-5,8H2,1H3. The second-order valence-corrected chi connectivity index (χ2v) is 5.85. The Morgan fingerprint density at radius 2 is 1.96 bits per heavy atom. The normalized spacial score (nSPS) is 16.4. The predicted octanol–water partition coefficient (Wildman–Crippen LogP) is 3.94. The van der Waals surface area contributed by atoms with Gasteiger partial charge < -0.3 is 4.74 Å². The van der Waals surface area contributed by atoms with Gasteiger partial charge in [0.2, 0.25) is 0 Å². The first-order chi connectivity index (χ1) is 11.2. The maximum Gasteiger partial charge on any atom is 0.419 e. The molecule has 1 aliphatic rings. The first kappa shape index (κ1) is 18.4. The number of alkyl halides is 3. The summed E-state index contributed by atoms with van der Waals surface area (Å²) >= 11 is 0. The number of hydrogen-bond acceptors (Lipinski definition) is 3. The molecule has 3 nitrogen and oxygen atoms in total. The Morgan fingerprint density at radius 1 is 1.29 bits per heavy atom. The molecule has 0 aromatic heterocycles. The lowest BCUT2D eigenvalue weighted by molar-refractivity contribution is -0.153. The molecule has 0 bridgehead atoms. The van der Waals surface area contributed by atoms with E-state index < -0.39 is 29.4 Å². The molecule has 1 saturated carbocycles. The molecule has 0 radical (unpaired) electrons. The molecule has 132 valence electrons. The molecule has 24 heavy (non-hydrogen) atoms. The molecule has 0 N–H and O–H groups in total. The molecular formula is C17H18F4O3. The first-order valence-corrected chi connectivity index (χ1v) is 7.80. The maximum absolute atomic E-state index is 13.7. The van der Waals surface area contributed by atoms with Gasteiger partial charge in [0, 0.05) is 5.92 Å². The topological polar surface area (TPSA) is 43.4 Å². The van der Waals surface area contributed by atoms with Crippen molar-refractivity contribution in [3.05, 3.63) is 35.1 Å². The molecule has 1 aromatic rings. The van der Waals surface area contributed by atoms with Gasteiger partial charge in [-0.25, -0.2) is 4.39 Å². The van der Waals surface area contributed by atoms with Gasteiger partial charge in [-0.05, 0) is 43.9 Å². The number of esters is 1. The molecule has 7 heteroatoms. The third-order valence-electron chi connectivity index (χ3n) is 4.20. The monoisotopic (exact) mass is 346 g/mol. The van der Waals surface area contributed by atoms with Crippen LogP contribution in [0.15, 0.2) is 18.2 Å². The van der Waals surface area contributed by atoms with Gasteiger partial charge in [0.05, 0.1) is 12.2 Å². The molecular weight excluding hydrogens is 328 g/mol. The fraction of sp³-hybridized carbons (Fsp3) is 0.529. The van der Waals surface area contributed by atoms with E-state index in [-0.39, 0.29) is 30.3 Å². The average molecular weight is 346 g/mol. The minimum absolute atomic E-state index is 0.0919. The largest absolute Gasteiger partial charge is 0.465 e. The zero-order valence-corrected chi connectivity index (χ0v) is 13.2. The summed E-state index contributed by atoms with van der Waals surface area (Å²) in [6, 6.07) is 2.44. The lowest BCUT2D eigenvalue weighted by atomic mass is 9.76. The molecule has 1 aromatic carbocycles. The van der Waals surface area contributed by atoms with Crippen molar-refractivity contribution >= 4 is 11.8 Å². The van der Waals surface area contributed by atoms with Gasteiger partial charge in [0.1, 0.15) is 11.7 Å². The van der Waals surface area contributed by atoms with Crippen LogP contribution in [0, 0.1) is 17.7 Å². The summed E-state index contributed by atoms with van der Waals surface area (Å²) in [5, 5.41) is 0. The van der Waals surface area contributed by atoms with Crippen molar-refractivity contribution in [3.63, 3.8) is 0 Å². The van der Waals surface area contributed by atoms with E-state index in [2.05, 4.69) is 0 Å². The van der Waals surface area contributed by atoms with E-state index in [4.69, 9.17) is 4.74 Å². The van der Waals surface area contributed by atoms with Crippen molar-refractivity contribution < 1.29 is 31.9 Å². The minimum atomic E-state index is -4.79. The van der Waals surface area contributed by atoms with Crippen LogP contribution in [0.25, 0.3) is 0 Å². The second-order valence-electron chi connectivity index (χ2n) is 5.85. The number of hydrogen-bond donors (Lipinski definition) is 0. The van der Waals surface area contributed by atoms with Gasteiger partial charge in [-0.15, -0.1) is 0 Å². The molecule has 0 amide bonds. The van der Waals surface area contributed by atoms with E-state index in [1.807, 2.05) is 0 Å². The van der Waals surface area contributed by atoms with Crippen molar-refractivity contribution in [1.82, 2.24) is 0 Å². The number of ether oxygens (including phenoxy) is 1. The Hall–Kier alpha value is -1.92. The SMILES string of the molecule is CCOC(=O)C(Cc1ccc(C(F)(F)F)c(F)c1)C(=O)C1CCC1. The third-order valence-corrected chi connectivity index (χ3v) is 4.20. The van der Waals surface area contributed by atoms with E-state index in [0.717, 1.165) is 18.6 Å². The van der Waals surface area contributed by atoms with Crippen LogP contribution in [-0.2, 0) is 26.9 Å². The number of ketones is 1. The Bertz CT molecular complexity index is 621. The van der Waals surface area contributed by atoms with Gasteiger partial charge in [-0.1, -0.05) is 12.5 Å². The van der Waals surface area contributed by atoms with Gasteiger partial charge >= 0.3 is 12.1 Å². The zero-order chi connectivity index (χ0) is 17.9. The minimum Gasteiger partial charge on any atom is -0.465 e. The Labute approximate surface area is 137 Å². The highest BCUT2D eigenvalue weighted by Gasteiger charge is 2.37. The van der Waals surface area contributed by atoms with Gasteiger partial charge in [-0.3, -0.25) is 9.59 Å². The highest BCUT2D eigenvalue weighted by atomic mass is 19.4. The molecule has 1 unspecified atom stereocenters. The van der Waals surface area contributed by atoms with Crippen LogP contribution < -0.4 is 0 Å². The van der Waals surface area contributed by atoms with E-state index in [0.29, 0.717) is 18.9 Å². The Kier molecular flexibility index (Phi) is 5.62. The Balaban J connectivity index is 2.21. The molecule has 0 aliphatic heterocycles. The molecule has 2 rings (SSSR count). The van der Waals surface area contributed by atoms with Crippen LogP contribution in [0.5, 0.6) is 0 Å².